The van der Waals surface area contributed by atoms with Crippen molar-refractivity contribution in [2.45, 2.75) is 20.1 Å². The topological polar surface area (TPSA) is 44.5 Å². The van der Waals surface area contributed by atoms with Crippen LogP contribution in [0.1, 0.15) is 18.1 Å². The van der Waals surface area contributed by atoms with Gasteiger partial charge in [-0.25, -0.2) is 8.78 Å². The van der Waals surface area contributed by atoms with Crippen LogP contribution in [-0.4, -0.2) is 6.61 Å². The maximum absolute atomic E-state index is 13.6. The van der Waals surface area contributed by atoms with Gasteiger partial charge < -0.3 is 15.2 Å². The van der Waals surface area contributed by atoms with Crippen molar-refractivity contribution in [3.8, 4) is 11.5 Å². The Kier molecular flexibility index (Phi) is 5.11. The molecule has 0 aromatic heterocycles. The largest absolute Gasteiger partial charge is 0.490 e. The molecule has 0 atom stereocenters. The maximum atomic E-state index is 13.6. The number of nitrogens with two attached hydrogens (primary N) is 1. The van der Waals surface area contributed by atoms with Crippen LogP contribution in [0.25, 0.3) is 0 Å². The van der Waals surface area contributed by atoms with E-state index >= 15 is 0 Å². The lowest BCUT2D eigenvalue weighted by atomic mass is 10.1. The van der Waals surface area contributed by atoms with Crippen molar-refractivity contribution in [2.24, 2.45) is 5.73 Å². The van der Waals surface area contributed by atoms with Gasteiger partial charge in [-0.05, 0) is 19.1 Å². The molecule has 0 aliphatic rings. The summed E-state index contributed by atoms with van der Waals surface area (Å²) in [6.45, 7) is 2.49. The lowest BCUT2D eigenvalue weighted by Crippen LogP contribution is -2.06. The predicted molar refractivity (Wildman–Crippen MR) is 76.2 cm³/mol. The van der Waals surface area contributed by atoms with Crippen LogP contribution in [0.15, 0.2) is 36.4 Å². The standard InChI is InChI=1S/C16H17F2NO2/c1-2-20-14-8-4-5-11(9-19)16(14)21-10-12-6-3-7-13(17)15(12)18/h3-8H,2,9-10,19H2,1H3. The number of hydrogen-bond donors (Lipinski definition) is 1. The molecule has 3 nitrogen and oxygen atoms in total. The lowest BCUT2D eigenvalue weighted by Gasteiger charge is -2.15. The van der Waals surface area contributed by atoms with Gasteiger partial charge >= 0.3 is 0 Å². The van der Waals surface area contributed by atoms with Crippen LogP contribution in [0.4, 0.5) is 8.78 Å². The molecule has 0 bridgehead atoms. The zero-order chi connectivity index (χ0) is 15.2. The van der Waals surface area contributed by atoms with Crippen molar-refractivity contribution in [1.29, 1.82) is 0 Å². The Hall–Kier alpha value is -2.14. The minimum Gasteiger partial charge on any atom is -0.490 e. The van der Waals surface area contributed by atoms with Crippen LogP contribution < -0.4 is 15.2 Å². The highest BCUT2D eigenvalue weighted by molar-refractivity contribution is 5.46. The zero-order valence-corrected chi connectivity index (χ0v) is 11.7. The van der Waals surface area contributed by atoms with E-state index < -0.39 is 11.6 Å². The monoisotopic (exact) mass is 293 g/mol. The van der Waals surface area contributed by atoms with Gasteiger partial charge in [0.15, 0.2) is 23.1 Å². The smallest absolute Gasteiger partial charge is 0.166 e. The van der Waals surface area contributed by atoms with Gasteiger partial charge in [-0.3, -0.25) is 0 Å². The third-order valence-corrected chi connectivity index (χ3v) is 2.98. The molecule has 2 rings (SSSR count). The molecular weight excluding hydrogens is 276 g/mol. The quantitative estimate of drug-likeness (QED) is 0.887. The summed E-state index contributed by atoms with van der Waals surface area (Å²) in [6.07, 6.45) is 0. The summed E-state index contributed by atoms with van der Waals surface area (Å²) < 4.78 is 37.9. The number of rotatable bonds is 6. The van der Waals surface area contributed by atoms with E-state index in [-0.39, 0.29) is 18.7 Å². The minimum absolute atomic E-state index is 0.0965. The SMILES string of the molecule is CCOc1cccc(CN)c1OCc1cccc(F)c1F. The molecule has 21 heavy (non-hydrogen) atoms. The lowest BCUT2D eigenvalue weighted by molar-refractivity contribution is 0.262. The molecule has 0 aliphatic heterocycles. The Morgan fingerprint density at radius 1 is 1.00 bits per heavy atom. The van der Waals surface area contributed by atoms with Crippen LogP contribution in [0, 0.1) is 11.6 Å². The van der Waals surface area contributed by atoms with Crippen LogP contribution in [0.5, 0.6) is 11.5 Å². The first-order valence-electron chi connectivity index (χ1n) is 6.67. The van der Waals surface area contributed by atoms with Crippen LogP contribution in [0.3, 0.4) is 0 Å². The summed E-state index contributed by atoms with van der Waals surface area (Å²) in [5, 5.41) is 0. The second-order valence-electron chi connectivity index (χ2n) is 4.38. The van der Waals surface area contributed by atoms with Crippen LogP contribution >= 0.6 is 0 Å². The Labute approximate surface area is 122 Å². The average Bonchev–Trinajstić information content (AvgIpc) is 2.49. The fourth-order valence-electron chi connectivity index (χ4n) is 1.96. The van der Waals surface area contributed by atoms with Gasteiger partial charge in [-0.15, -0.1) is 0 Å². The van der Waals surface area contributed by atoms with Crippen molar-refractivity contribution in [3.63, 3.8) is 0 Å². The molecule has 0 aliphatic carbocycles. The fourth-order valence-corrected chi connectivity index (χ4v) is 1.96. The minimum atomic E-state index is -0.902. The van der Waals surface area contributed by atoms with Crippen molar-refractivity contribution in [2.75, 3.05) is 6.61 Å². The number of halogens is 2. The molecule has 0 amide bonds. The first-order valence-corrected chi connectivity index (χ1v) is 6.67. The summed E-state index contributed by atoms with van der Waals surface area (Å²) in [5.74, 6) is -0.795. The molecule has 0 spiro atoms. The Bertz CT molecular complexity index is 617. The first kappa shape index (κ1) is 15.3. The highest BCUT2D eigenvalue weighted by atomic mass is 19.2. The second kappa shape index (κ2) is 7.04. The summed E-state index contributed by atoms with van der Waals surface area (Å²) in [7, 11) is 0. The van der Waals surface area contributed by atoms with Gasteiger partial charge in [0.1, 0.15) is 6.61 Å². The van der Waals surface area contributed by atoms with Crippen molar-refractivity contribution in [3.05, 3.63) is 59.2 Å². The first-order chi connectivity index (χ1) is 10.2. The van der Waals surface area contributed by atoms with E-state index in [4.69, 9.17) is 15.2 Å². The van der Waals surface area contributed by atoms with E-state index in [1.165, 1.54) is 12.1 Å². The molecule has 112 valence electrons. The third-order valence-electron chi connectivity index (χ3n) is 2.98. The number of hydrogen-bond acceptors (Lipinski definition) is 3. The normalized spacial score (nSPS) is 10.5. The van der Waals surface area contributed by atoms with Crippen LogP contribution in [-0.2, 0) is 13.2 Å². The molecule has 0 saturated carbocycles. The van der Waals surface area contributed by atoms with Gasteiger partial charge in [0.05, 0.1) is 6.61 Å². The molecular formula is C16H17F2NO2. The number of benzene rings is 2. The predicted octanol–water partition coefficient (Wildman–Crippen LogP) is 3.40. The molecule has 2 aromatic carbocycles. The summed E-state index contributed by atoms with van der Waals surface area (Å²) >= 11 is 0. The van der Waals surface area contributed by atoms with E-state index in [0.29, 0.717) is 18.1 Å². The van der Waals surface area contributed by atoms with E-state index in [1.54, 1.807) is 12.1 Å². The Morgan fingerprint density at radius 3 is 2.43 bits per heavy atom. The molecule has 0 heterocycles. The summed E-state index contributed by atoms with van der Waals surface area (Å²) in [4.78, 5) is 0. The van der Waals surface area contributed by atoms with Gasteiger partial charge in [0.25, 0.3) is 0 Å². The zero-order valence-electron chi connectivity index (χ0n) is 11.7. The van der Waals surface area contributed by atoms with Gasteiger partial charge in [-0.2, -0.15) is 0 Å². The van der Waals surface area contributed by atoms with Gasteiger partial charge in [0, 0.05) is 17.7 Å². The van der Waals surface area contributed by atoms with Crippen LogP contribution in [0.2, 0.25) is 0 Å². The molecule has 2 N–H and O–H groups in total. The summed E-state index contributed by atoms with van der Waals surface area (Å²) in [5.41, 5.74) is 6.56. The van der Waals surface area contributed by atoms with E-state index in [0.717, 1.165) is 11.6 Å². The van der Waals surface area contributed by atoms with E-state index in [2.05, 4.69) is 0 Å². The van der Waals surface area contributed by atoms with Crippen molar-refractivity contribution >= 4 is 0 Å². The molecule has 0 fully saturated rings. The highest BCUT2D eigenvalue weighted by Gasteiger charge is 2.13. The fraction of sp³-hybridized carbons (Fsp3) is 0.250. The Balaban J connectivity index is 2.24. The third kappa shape index (κ3) is 3.49. The number of ether oxygens (including phenoxy) is 2. The van der Waals surface area contributed by atoms with Gasteiger partial charge in [-0.1, -0.05) is 24.3 Å². The van der Waals surface area contributed by atoms with Crippen molar-refractivity contribution in [1.82, 2.24) is 0 Å². The van der Waals surface area contributed by atoms with Gasteiger partial charge in [0.2, 0.25) is 0 Å². The molecule has 0 saturated heterocycles. The maximum Gasteiger partial charge on any atom is 0.166 e. The van der Waals surface area contributed by atoms with E-state index in [9.17, 15) is 8.78 Å². The summed E-state index contributed by atoms with van der Waals surface area (Å²) in [6, 6.07) is 9.35. The Morgan fingerprint density at radius 2 is 1.71 bits per heavy atom. The molecule has 0 radical (unpaired) electrons. The van der Waals surface area contributed by atoms with Crippen molar-refractivity contribution < 1.29 is 18.3 Å². The average molecular weight is 293 g/mol. The molecule has 5 heteroatoms. The molecule has 0 unspecified atom stereocenters. The second-order valence-corrected chi connectivity index (χ2v) is 4.38. The number of para-hydroxylation sites is 1. The molecule has 2 aromatic rings. The highest BCUT2D eigenvalue weighted by Crippen LogP contribution is 2.32. The van der Waals surface area contributed by atoms with E-state index in [1.807, 2.05) is 13.0 Å².